The molecule has 110 valence electrons. The molecule has 0 spiro atoms. The van der Waals surface area contributed by atoms with Crippen LogP contribution >= 0.6 is 0 Å². The van der Waals surface area contributed by atoms with Gasteiger partial charge in [-0.1, -0.05) is 42.5 Å². The molecule has 0 bridgehead atoms. The second-order valence-electron chi connectivity index (χ2n) is 4.79. The number of hydrogen-bond acceptors (Lipinski definition) is 3. The van der Waals surface area contributed by atoms with Gasteiger partial charge in [0.2, 0.25) is 5.91 Å². The number of carbonyl (C=O) groups is 2. The van der Waals surface area contributed by atoms with Gasteiger partial charge in [0.05, 0.1) is 12.7 Å². The third kappa shape index (κ3) is 2.98. The molecule has 3 aromatic rings. The number of furan rings is 1. The van der Waals surface area contributed by atoms with Gasteiger partial charge in [0.25, 0.3) is 0 Å². The van der Waals surface area contributed by atoms with Crippen LogP contribution in [0.1, 0.15) is 16.1 Å². The van der Waals surface area contributed by atoms with Crippen molar-refractivity contribution in [2.75, 3.05) is 0 Å². The van der Waals surface area contributed by atoms with Crippen LogP contribution in [-0.4, -0.2) is 11.8 Å². The molecule has 0 fully saturated rings. The van der Waals surface area contributed by atoms with Crippen molar-refractivity contribution < 1.29 is 14.0 Å². The van der Waals surface area contributed by atoms with Crippen LogP contribution in [0, 0.1) is 0 Å². The van der Waals surface area contributed by atoms with E-state index in [9.17, 15) is 9.59 Å². The summed E-state index contributed by atoms with van der Waals surface area (Å²) in [5, 5.41) is 2.10. The first kappa shape index (κ1) is 13.9. The van der Waals surface area contributed by atoms with Crippen LogP contribution in [0.25, 0.3) is 10.8 Å². The van der Waals surface area contributed by atoms with Gasteiger partial charge in [0.15, 0.2) is 5.76 Å². The maximum atomic E-state index is 12.0. The molecule has 0 aliphatic rings. The number of rotatable bonds is 3. The molecular formula is C17H14N2O3. The summed E-state index contributed by atoms with van der Waals surface area (Å²) >= 11 is 0. The SMILES string of the molecule is O=C(Cc1cccc2ccccc12)NNC(=O)c1ccco1. The number of hydrazine groups is 1. The molecule has 2 aromatic carbocycles. The molecule has 0 unspecified atom stereocenters. The lowest BCUT2D eigenvalue weighted by Gasteiger charge is -2.08. The standard InChI is InChI=1S/C17H14N2O3/c20-16(18-19-17(21)15-9-4-10-22-15)11-13-7-3-6-12-5-1-2-8-14(12)13/h1-10H,11H2,(H,18,20)(H,19,21). The van der Waals surface area contributed by atoms with Crippen LogP contribution in [0.2, 0.25) is 0 Å². The fraction of sp³-hybridized carbons (Fsp3) is 0.0588. The summed E-state index contributed by atoms with van der Waals surface area (Å²) in [6, 6.07) is 16.8. The number of benzene rings is 2. The Hall–Kier alpha value is -3.08. The first-order valence-corrected chi connectivity index (χ1v) is 6.83. The summed E-state index contributed by atoms with van der Waals surface area (Å²) in [7, 11) is 0. The van der Waals surface area contributed by atoms with Gasteiger partial charge < -0.3 is 4.42 Å². The minimum Gasteiger partial charge on any atom is -0.459 e. The minimum absolute atomic E-state index is 0.144. The van der Waals surface area contributed by atoms with E-state index in [-0.39, 0.29) is 18.1 Å². The third-order valence-corrected chi connectivity index (χ3v) is 3.29. The average Bonchev–Trinajstić information content (AvgIpc) is 3.07. The van der Waals surface area contributed by atoms with Crippen molar-refractivity contribution in [3.8, 4) is 0 Å². The second-order valence-corrected chi connectivity index (χ2v) is 4.79. The molecule has 1 aromatic heterocycles. The molecule has 1 heterocycles. The highest BCUT2D eigenvalue weighted by Gasteiger charge is 2.11. The summed E-state index contributed by atoms with van der Waals surface area (Å²) in [6.07, 6.45) is 1.58. The molecule has 0 saturated heterocycles. The zero-order valence-corrected chi connectivity index (χ0v) is 11.7. The second kappa shape index (κ2) is 6.13. The summed E-state index contributed by atoms with van der Waals surface area (Å²) in [4.78, 5) is 23.6. The van der Waals surface area contributed by atoms with E-state index >= 15 is 0 Å². The number of hydrogen-bond donors (Lipinski definition) is 2. The van der Waals surface area contributed by atoms with E-state index in [0.29, 0.717) is 0 Å². The summed E-state index contributed by atoms with van der Waals surface area (Å²) in [5.41, 5.74) is 5.61. The Morgan fingerprint density at radius 2 is 1.73 bits per heavy atom. The van der Waals surface area contributed by atoms with Crippen molar-refractivity contribution in [2.24, 2.45) is 0 Å². The monoisotopic (exact) mass is 294 g/mol. The zero-order valence-electron chi connectivity index (χ0n) is 11.7. The number of fused-ring (bicyclic) bond motifs is 1. The minimum atomic E-state index is -0.490. The van der Waals surface area contributed by atoms with E-state index in [1.807, 2.05) is 42.5 Å². The van der Waals surface area contributed by atoms with Gasteiger partial charge in [-0.2, -0.15) is 0 Å². The molecule has 0 atom stereocenters. The van der Waals surface area contributed by atoms with E-state index in [1.54, 1.807) is 6.07 Å². The fourth-order valence-corrected chi connectivity index (χ4v) is 2.26. The van der Waals surface area contributed by atoms with Crippen LogP contribution in [-0.2, 0) is 11.2 Å². The molecule has 5 nitrogen and oxygen atoms in total. The van der Waals surface area contributed by atoms with E-state index in [4.69, 9.17) is 4.42 Å². The molecule has 2 amide bonds. The van der Waals surface area contributed by atoms with Gasteiger partial charge >= 0.3 is 5.91 Å². The molecule has 2 N–H and O–H groups in total. The summed E-state index contributed by atoms with van der Waals surface area (Å²) in [6.45, 7) is 0. The molecule has 0 saturated carbocycles. The van der Waals surface area contributed by atoms with Gasteiger partial charge in [-0.25, -0.2) is 0 Å². The summed E-state index contributed by atoms with van der Waals surface area (Å²) in [5.74, 6) is -0.641. The van der Waals surface area contributed by atoms with Crippen LogP contribution in [0.3, 0.4) is 0 Å². The van der Waals surface area contributed by atoms with Gasteiger partial charge in [0.1, 0.15) is 0 Å². The van der Waals surface area contributed by atoms with Crippen molar-refractivity contribution in [1.29, 1.82) is 0 Å². The Labute approximate surface area is 126 Å². The van der Waals surface area contributed by atoms with Crippen molar-refractivity contribution in [1.82, 2.24) is 10.9 Å². The van der Waals surface area contributed by atoms with Crippen LogP contribution in [0.4, 0.5) is 0 Å². The first-order chi connectivity index (χ1) is 10.7. The van der Waals surface area contributed by atoms with Gasteiger partial charge in [-0.15, -0.1) is 0 Å². The maximum absolute atomic E-state index is 12.0. The first-order valence-electron chi connectivity index (χ1n) is 6.83. The highest BCUT2D eigenvalue weighted by atomic mass is 16.3. The Morgan fingerprint density at radius 3 is 2.55 bits per heavy atom. The quantitative estimate of drug-likeness (QED) is 0.729. The molecular weight excluding hydrogens is 280 g/mol. The van der Waals surface area contributed by atoms with E-state index in [0.717, 1.165) is 16.3 Å². The lowest BCUT2D eigenvalue weighted by Crippen LogP contribution is -2.42. The summed E-state index contributed by atoms with van der Waals surface area (Å²) < 4.78 is 4.94. The molecule has 0 aliphatic heterocycles. The van der Waals surface area contributed by atoms with Crippen molar-refractivity contribution in [2.45, 2.75) is 6.42 Å². The van der Waals surface area contributed by atoms with Gasteiger partial charge in [-0.3, -0.25) is 20.4 Å². The fourth-order valence-electron chi connectivity index (χ4n) is 2.26. The molecule has 5 heteroatoms. The molecule has 3 rings (SSSR count). The third-order valence-electron chi connectivity index (χ3n) is 3.29. The predicted molar refractivity (Wildman–Crippen MR) is 82.0 cm³/mol. The van der Waals surface area contributed by atoms with E-state index < -0.39 is 5.91 Å². The van der Waals surface area contributed by atoms with Crippen LogP contribution in [0.5, 0.6) is 0 Å². The van der Waals surface area contributed by atoms with Gasteiger partial charge in [0, 0.05) is 0 Å². The molecule has 22 heavy (non-hydrogen) atoms. The average molecular weight is 294 g/mol. The highest BCUT2D eigenvalue weighted by Crippen LogP contribution is 2.18. The van der Waals surface area contributed by atoms with Crippen LogP contribution in [0.15, 0.2) is 65.3 Å². The Bertz CT molecular complexity index is 804. The number of carbonyl (C=O) groups excluding carboxylic acids is 2. The lowest BCUT2D eigenvalue weighted by atomic mass is 10.0. The van der Waals surface area contributed by atoms with E-state index in [1.165, 1.54) is 12.3 Å². The highest BCUT2D eigenvalue weighted by molar-refractivity contribution is 5.94. The Balaban J connectivity index is 1.65. The number of amides is 2. The smallest absolute Gasteiger partial charge is 0.305 e. The predicted octanol–water partition coefficient (Wildman–Crippen LogP) is 2.44. The maximum Gasteiger partial charge on any atom is 0.305 e. The van der Waals surface area contributed by atoms with Crippen LogP contribution < -0.4 is 10.9 Å². The normalized spacial score (nSPS) is 10.4. The largest absolute Gasteiger partial charge is 0.459 e. The molecule has 0 radical (unpaired) electrons. The Morgan fingerprint density at radius 1 is 0.909 bits per heavy atom. The zero-order chi connectivity index (χ0) is 15.4. The van der Waals surface area contributed by atoms with Crippen molar-refractivity contribution in [3.63, 3.8) is 0 Å². The van der Waals surface area contributed by atoms with Crippen molar-refractivity contribution in [3.05, 3.63) is 72.2 Å². The molecule has 0 aliphatic carbocycles. The lowest BCUT2D eigenvalue weighted by molar-refractivity contribution is -0.121. The van der Waals surface area contributed by atoms with Crippen molar-refractivity contribution >= 4 is 22.6 Å². The van der Waals surface area contributed by atoms with E-state index in [2.05, 4.69) is 10.9 Å². The van der Waals surface area contributed by atoms with Gasteiger partial charge in [-0.05, 0) is 28.5 Å². The Kier molecular flexibility index (Phi) is 3.87. The topological polar surface area (TPSA) is 71.3 Å². The number of nitrogens with one attached hydrogen (secondary N) is 2.